The van der Waals surface area contributed by atoms with Crippen molar-refractivity contribution in [1.29, 1.82) is 0 Å². The molecule has 1 radical (unpaired) electrons. The number of ether oxygens (including phenoxy) is 1. The number of methoxy groups -OCH3 is 1. The van der Waals surface area contributed by atoms with Gasteiger partial charge in [-0.3, -0.25) is 4.79 Å². The maximum Gasteiger partial charge on any atom is 0.235 e. The molecule has 1 rings (SSSR count). The van der Waals surface area contributed by atoms with Gasteiger partial charge in [0.05, 0.1) is 6.10 Å². The molecule has 2 unspecified atom stereocenters. The van der Waals surface area contributed by atoms with Gasteiger partial charge >= 0.3 is 0 Å². The Morgan fingerprint density at radius 3 is 2.73 bits per heavy atom. The predicted octanol–water partition coefficient (Wildman–Crippen LogP) is 0.416. The van der Waals surface area contributed by atoms with Crippen molar-refractivity contribution in [1.82, 2.24) is 0 Å². The number of carbonyl (C=O) groups excluding carboxylic acids is 1. The molecule has 0 amide bonds. The van der Waals surface area contributed by atoms with Crippen molar-refractivity contribution in [3.8, 4) is 0 Å². The molecule has 1 aliphatic rings. The van der Waals surface area contributed by atoms with Crippen LogP contribution in [0.25, 0.3) is 0 Å². The van der Waals surface area contributed by atoms with Crippen LogP contribution in [-0.2, 0) is 9.53 Å². The molecule has 0 heterocycles. The van der Waals surface area contributed by atoms with Crippen LogP contribution in [-0.4, -0.2) is 30.2 Å². The zero-order valence-corrected chi connectivity index (χ0v) is 6.67. The number of aliphatic hydroxyl groups is 1. The molecular formula is C8H13O3. The zero-order valence-electron chi connectivity index (χ0n) is 6.67. The van der Waals surface area contributed by atoms with Gasteiger partial charge in [-0.25, -0.2) is 0 Å². The highest BCUT2D eigenvalue weighted by Gasteiger charge is 2.40. The molecule has 1 fully saturated rings. The first-order valence-electron chi connectivity index (χ1n) is 3.88. The quantitative estimate of drug-likeness (QED) is 0.631. The van der Waals surface area contributed by atoms with Crippen LogP contribution in [0.2, 0.25) is 0 Å². The van der Waals surface area contributed by atoms with E-state index in [1.54, 1.807) is 6.29 Å². The molecule has 1 saturated carbocycles. The molecule has 11 heavy (non-hydrogen) atoms. The van der Waals surface area contributed by atoms with Crippen LogP contribution >= 0.6 is 0 Å². The minimum Gasteiger partial charge on any atom is -0.390 e. The van der Waals surface area contributed by atoms with Gasteiger partial charge in [-0.2, -0.15) is 0 Å². The van der Waals surface area contributed by atoms with Crippen molar-refractivity contribution in [2.24, 2.45) is 0 Å². The Kier molecular flexibility index (Phi) is 2.62. The van der Waals surface area contributed by atoms with Gasteiger partial charge in [0.2, 0.25) is 6.29 Å². The summed E-state index contributed by atoms with van der Waals surface area (Å²) in [6, 6.07) is 0. The first-order valence-corrected chi connectivity index (χ1v) is 3.88. The Hall–Kier alpha value is -0.410. The Morgan fingerprint density at radius 2 is 2.36 bits per heavy atom. The highest BCUT2D eigenvalue weighted by Crippen LogP contribution is 2.29. The average molecular weight is 157 g/mol. The summed E-state index contributed by atoms with van der Waals surface area (Å²) in [7, 11) is 1.44. The summed E-state index contributed by atoms with van der Waals surface area (Å²) < 4.78 is 4.97. The molecule has 1 aliphatic carbocycles. The van der Waals surface area contributed by atoms with Crippen LogP contribution in [0, 0.1) is 0 Å². The van der Waals surface area contributed by atoms with Crippen molar-refractivity contribution >= 4 is 6.29 Å². The highest BCUT2D eigenvalue weighted by molar-refractivity contribution is 5.64. The molecule has 0 aromatic rings. The second-order valence-corrected chi connectivity index (χ2v) is 2.96. The van der Waals surface area contributed by atoms with Crippen molar-refractivity contribution < 1.29 is 14.6 Å². The highest BCUT2D eigenvalue weighted by atomic mass is 16.5. The third kappa shape index (κ3) is 1.44. The molecule has 0 aromatic heterocycles. The summed E-state index contributed by atoms with van der Waals surface area (Å²) in [5, 5.41) is 9.43. The molecule has 0 spiro atoms. The van der Waals surface area contributed by atoms with Crippen LogP contribution in [0.15, 0.2) is 0 Å². The lowest BCUT2D eigenvalue weighted by atomic mass is 9.83. The van der Waals surface area contributed by atoms with Gasteiger partial charge in [0.1, 0.15) is 0 Å². The van der Waals surface area contributed by atoms with Crippen LogP contribution in [0.1, 0.15) is 25.7 Å². The van der Waals surface area contributed by atoms with Gasteiger partial charge in [0, 0.05) is 7.11 Å². The van der Waals surface area contributed by atoms with Crippen molar-refractivity contribution in [2.45, 2.75) is 37.4 Å². The molecule has 0 saturated heterocycles. The molecule has 0 aliphatic heterocycles. The largest absolute Gasteiger partial charge is 0.390 e. The standard InChI is InChI=1S/C8H13O3/c1-11-8(6-9)5-3-2-4-7(8)10/h7,10H,2-5H2,1H3. The Labute approximate surface area is 66.4 Å². The number of aliphatic hydroxyl groups excluding tert-OH is 1. The molecule has 1 N–H and O–H groups in total. The number of hydrogen-bond donors (Lipinski definition) is 1. The SMILES string of the molecule is COC1([C]=O)CCCCC1O. The van der Waals surface area contributed by atoms with Gasteiger partial charge in [-0.1, -0.05) is 6.42 Å². The summed E-state index contributed by atoms with van der Waals surface area (Å²) in [6.07, 6.45) is 4.26. The summed E-state index contributed by atoms with van der Waals surface area (Å²) in [4.78, 5) is 10.5. The van der Waals surface area contributed by atoms with Crippen LogP contribution < -0.4 is 0 Å². The molecule has 3 nitrogen and oxygen atoms in total. The lowest BCUT2D eigenvalue weighted by molar-refractivity contribution is -0.0783. The number of rotatable bonds is 2. The van der Waals surface area contributed by atoms with Crippen LogP contribution in [0.3, 0.4) is 0 Å². The maximum absolute atomic E-state index is 10.5. The van der Waals surface area contributed by atoms with Gasteiger partial charge in [0.15, 0.2) is 5.60 Å². The van der Waals surface area contributed by atoms with E-state index in [0.717, 1.165) is 12.8 Å². The minimum atomic E-state index is -1.03. The lowest BCUT2D eigenvalue weighted by Crippen LogP contribution is -2.47. The van der Waals surface area contributed by atoms with E-state index in [1.807, 2.05) is 0 Å². The Bertz CT molecular complexity index is 146. The van der Waals surface area contributed by atoms with Gasteiger partial charge < -0.3 is 9.84 Å². The fourth-order valence-electron chi connectivity index (χ4n) is 1.52. The summed E-state index contributed by atoms with van der Waals surface area (Å²) in [5.74, 6) is 0. The normalized spacial score (nSPS) is 38.5. The predicted molar refractivity (Wildman–Crippen MR) is 39.9 cm³/mol. The second kappa shape index (κ2) is 3.32. The molecule has 2 atom stereocenters. The van der Waals surface area contributed by atoms with E-state index < -0.39 is 11.7 Å². The molecule has 3 heteroatoms. The maximum atomic E-state index is 10.5. The fourth-order valence-corrected chi connectivity index (χ4v) is 1.52. The van der Waals surface area contributed by atoms with E-state index in [0.29, 0.717) is 12.8 Å². The van der Waals surface area contributed by atoms with Crippen molar-refractivity contribution in [2.75, 3.05) is 7.11 Å². The summed E-state index contributed by atoms with van der Waals surface area (Å²) in [6.45, 7) is 0. The molecular weight excluding hydrogens is 144 g/mol. The smallest absolute Gasteiger partial charge is 0.235 e. The minimum absolute atomic E-state index is 0.591. The van der Waals surface area contributed by atoms with Crippen molar-refractivity contribution in [3.63, 3.8) is 0 Å². The number of hydrogen-bond acceptors (Lipinski definition) is 3. The molecule has 0 aromatic carbocycles. The van der Waals surface area contributed by atoms with Gasteiger partial charge in [0.25, 0.3) is 0 Å². The second-order valence-electron chi connectivity index (χ2n) is 2.96. The van der Waals surface area contributed by atoms with Gasteiger partial charge in [-0.15, -0.1) is 0 Å². The third-order valence-corrected chi connectivity index (χ3v) is 2.35. The summed E-state index contributed by atoms with van der Waals surface area (Å²) >= 11 is 0. The summed E-state index contributed by atoms with van der Waals surface area (Å²) in [5.41, 5.74) is -1.03. The van der Waals surface area contributed by atoms with E-state index in [4.69, 9.17) is 4.74 Å². The van der Waals surface area contributed by atoms with Crippen molar-refractivity contribution in [3.05, 3.63) is 0 Å². The van der Waals surface area contributed by atoms with Crippen LogP contribution in [0.5, 0.6) is 0 Å². The monoisotopic (exact) mass is 157 g/mol. The molecule has 0 bridgehead atoms. The van der Waals surface area contributed by atoms with E-state index in [9.17, 15) is 9.90 Å². The van der Waals surface area contributed by atoms with E-state index >= 15 is 0 Å². The first kappa shape index (κ1) is 8.68. The van der Waals surface area contributed by atoms with Crippen LogP contribution in [0.4, 0.5) is 0 Å². The molecule has 63 valence electrons. The zero-order chi connectivity index (χ0) is 8.32. The fraction of sp³-hybridized carbons (Fsp3) is 0.875. The Balaban J connectivity index is 2.69. The van der Waals surface area contributed by atoms with Gasteiger partial charge in [-0.05, 0) is 19.3 Å². The van der Waals surface area contributed by atoms with E-state index in [1.165, 1.54) is 7.11 Å². The topological polar surface area (TPSA) is 46.5 Å². The van der Waals surface area contributed by atoms with E-state index in [2.05, 4.69) is 0 Å². The third-order valence-electron chi connectivity index (χ3n) is 2.35. The lowest BCUT2D eigenvalue weighted by Gasteiger charge is -2.34. The first-order chi connectivity index (χ1) is 5.25. The Morgan fingerprint density at radius 1 is 1.64 bits per heavy atom. The average Bonchev–Trinajstić information content (AvgIpc) is 2.06. The van der Waals surface area contributed by atoms with E-state index in [-0.39, 0.29) is 0 Å².